The Bertz CT molecular complexity index is 185. The zero-order chi connectivity index (χ0) is 9.47. The van der Waals surface area contributed by atoms with E-state index in [0.717, 1.165) is 22.8 Å². The summed E-state index contributed by atoms with van der Waals surface area (Å²) in [6, 6.07) is 0. The average Bonchev–Trinajstić information content (AvgIpc) is 2.58. The van der Waals surface area contributed by atoms with Crippen molar-refractivity contribution in [3.8, 4) is 0 Å². The topological polar surface area (TPSA) is 26.0 Å². The van der Waals surface area contributed by atoms with Crippen LogP contribution in [0.2, 0.25) is 0 Å². The lowest BCUT2D eigenvalue weighted by atomic mass is 10.0. The van der Waals surface area contributed by atoms with Crippen LogP contribution in [0.15, 0.2) is 0 Å². The molecule has 3 unspecified atom stereocenters. The summed E-state index contributed by atoms with van der Waals surface area (Å²) in [6.45, 7) is 4.26. The molecule has 3 atom stereocenters. The van der Waals surface area contributed by atoms with Gasteiger partial charge < -0.3 is 5.73 Å². The highest BCUT2D eigenvalue weighted by atomic mass is 32.2. The molecule has 13 heavy (non-hydrogen) atoms. The Morgan fingerprint density at radius 2 is 2.08 bits per heavy atom. The molecule has 2 heteroatoms. The molecule has 0 spiro atoms. The minimum absolute atomic E-state index is 0.0203. The molecule has 2 aliphatic carbocycles. The predicted molar refractivity (Wildman–Crippen MR) is 60.0 cm³/mol. The predicted octanol–water partition coefficient (Wildman–Crippen LogP) is 2.65. The molecule has 76 valence electrons. The van der Waals surface area contributed by atoms with Gasteiger partial charge >= 0.3 is 0 Å². The Kier molecular flexibility index (Phi) is 2.63. The third-order valence-electron chi connectivity index (χ3n) is 3.34. The van der Waals surface area contributed by atoms with E-state index in [1.54, 1.807) is 0 Å². The molecular formula is C11H21NS. The van der Waals surface area contributed by atoms with Gasteiger partial charge in [-0.2, -0.15) is 11.8 Å². The van der Waals surface area contributed by atoms with E-state index in [-0.39, 0.29) is 5.54 Å². The van der Waals surface area contributed by atoms with Crippen LogP contribution >= 0.6 is 11.8 Å². The van der Waals surface area contributed by atoms with Gasteiger partial charge in [0.2, 0.25) is 0 Å². The fraction of sp³-hybridized carbons (Fsp3) is 1.00. The maximum Gasteiger partial charge on any atom is 0.0188 e. The second-order valence-electron chi connectivity index (χ2n) is 5.51. The van der Waals surface area contributed by atoms with Crippen molar-refractivity contribution in [2.24, 2.45) is 17.6 Å². The van der Waals surface area contributed by atoms with Crippen LogP contribution in [0.5, 0.6) is 0 Å². The van der Waals surface area contributed by atoms with Crippen molar-refractivity contribution < 1.29 is 0 Å². The number of hydrogen-bond acceptors (Lipinski definition) is 2. The zero-order valence-electron chi connectivity index (χ0n) is 8.75. The standard InChI is InChI=1S/C11H21NS/c1-11(2,12)7-13-10-6-8-3-4-9(10)5-8/h8-10H,3-7,12H2,1-2H3. The van der Waals surface area contributed by atoms with Gasteiger partial charge in [0.25, 0.3) is 0 Å². The van der Waals surface area contributed by atoms with Gasteiger partial charge in [0.05, 0.1) is 0 Å². The summed E-state index contributed by atoms with van der Waals surface area (Å²) >= 11 is 2.13. The third kappa shape index (κ3) is 2.41. The monoisotopic (exact) mass is 199 g/mol. The SMILES string of the molecule is CC(C)(N)CSC1CC2CCC1C2. The van der Waals surface area contributed by atoms with Crippen molar-refractivity contribution in [1.82, 2.24) is 0 Å². The molecule has 0 radical (unpaired) electrons. The summed E-state index contributed by atoms with van der Waals surface area (Å²) in [4.78, 5) is 0. The van der Waals surface area contributed by atoms with Crippen LogP contribution in [0.25, 0.3) is 0 Å². The summed E-state index contributed by atoms with van der Waals surface area (Å²) in [5.74, 6) is 3.24. The molecule has 2 bridgehead atoms. The fourth-order valence-corrected chi connectivity index (χ4v) is 4.28. The van der Waals surface area contributed by atoms with Gasteiger partial charge in [0.1, 0.15) is 0 Å². The highest BCUT2D eigenvalue weighted by Crippen LogP contribution is 2.49. The van der Waals surface area contributed by atoms with Gasteiger partial charge in [-0.25, -0.2) is 0 Å². The third-order valence-corrected chi connectivity index (χ3v) is 5.26. The highest BCUT2D eigenvalue weighted by molar-refractivity contribution is 8.00. The summed E-state index contributed by atoms with van der Waals surface area (Å²) in [5.41, 5.74) is 6.01. The molecule has 0 aromatic heterocycles. The summed E-state index contributed by atoms with van der Waals surface area (Å²) in [6.07, 6.45) is 6.00. The lowest BCUT2D eigenvalue weighted by Crippen LogP contribution is -2.35. The van der Waals surface area contributed by atoms with E-state index in [9.17, 15) is 0 Å². The second kappa shape index (κ2) is 3.47. The lowest BCUT2D eigenvalue weighted by Gasteiger charge is -2.25. The van der Waals surface area contributed by atoms with E-state index in [2.05, 4.69) is 25.6 Å². The number of hydrogen-bond donors (Lipinski definition) is 1. The molecule has 2 rings (SSSR count). The van der Waals surface area contributed by atoms with E-state index < -0.39 is 0 Å². The molecule has 0 heterocycles. The molecule has 0 amide bonds. The van der Waals surface area contributed by atoms with Crippen LogP contribution < -0.4 is 5.73 Å². The van der Waals surface area contributed by atoms with Crippen LogP contribution in [-0.4, -0.2) is 16.5 Å². The molecular weight excluding hydrogens is 178 g/mol. The van der Waals surface area contributed by atoms with Crippen molar-refractivity contribution >= 4 is 11.8 Å². The molecule has 0 aromatic carbocycles. The average molecular weight is 199 g/mol. The fourth-order valence-electron chi connectivity index (χ4n) is 2.71. The van der Waals surface area contributed by atoms with Crippen molar-refractivity contribution in [1.29, 1.82) is 0 Å². The van der Waals surface area contributed by atoms with E-state index in [4.69, 9.17) is 5.73 Å². The van der Waals surface area contributed by atoms with Gasteiger partial charge in [-0.05, 0) is 44.9 Å². The van der Waals surface area contributed by atoms with E-state index in [1.165, 1.54) is 25.7 Å². The molecule has 2 aliphatic rings. The Morgan fingerprint density at radius 1 is 1.31 bits per heavy atom. The lowest BCUT2D eigenvalue weighted by molar-refractivity contribution is 0.489. The summed E-state index contributed by atoms with van der Waals surface area (Å²) < 4.78 is 0. The molecule has 1 nitrogen and oxygen atoms in total. The molecule has 2 fully saturated rings. The van der Waals surface area contributed by atoms with Crippen LogP contribution in [0.1, 0.15) is 39.5 Å². The Balaban J connectivity index is 1.78. The minimum atomic E-state index is 0.0203. The van der Waals surface area contributed by atoms with Gasteiger partial charge in [-0.1, -0.05) is 6.42 Å². The van der Waals surface area contributed by atoms with Gasteiger partial charge in [-0.15, -0.1) is 0 Å². The number of rotatable bonds is 3. The van der Waals surface area contributed by atoms with E-state index in [1.807, 2.05) is 0 Å². The van der Waals surface area contributed by atoms with Crippen LogP contribution in [0.3, 0.4) is 0 Å². The zero-order valence-corrected chi connectivity index (χ0v) is 9.57. The molecule has 0 aliphatic heterocycles. The minimum Gasteiger partial charge on any atom is -0.325 e. The maximum atomic E-state index is 5.99. The number of fused-ring (bicyclic) bond motifs is 2. The number of nitrogens with two attached hydrogens (primary N) is 1. The molecule has 2 saturated carbocycles. The maximum absolute atomic E-state index is 5.99. The Labute approximate surface area is 85.8 Å². The first-order valence-electron chi connectivity index (χ1n) is 5.45. The smallest absolute Gasteiger partial charge is 0.0188 e. The highest BCUT2D eigenvalue weighted by Gasteiger charge is 2.39. The molecule has 2 N–H and O–H groups in total. The van der Waals surface area contributed by atoms with Gasteiger partial charge in [-0.3, -0.25) is 0 Å². The quantitative estimate of drug-likeness (QED) is 0.756. The first-order valence-corrected chi connectivity index (χ1v) is 6.50. The van der Waals surface area contributed by atoms with Crippen molar-refractivity contribution in [2.75, 3.05) is 5.75 Å². The normalized spacial score (nSPS) is 38.5. The largest absolute Gasteiger partial charge is 0.325 e. The van der Waals surface area contributed by atoms with Crippen molar-refractivity contribution in [3.05, 3.63) is 0 Å². The second-order valence-corrected chi connectivity index (χ2v) is 6.74. The molecule has 0 saturated heterocycles. The number of thioether (sulfide) groups is 1. The first-order chi connectivity index (χ1) is 6.04. The Morgan fingerprint density at radius 3 is 2.54 bits per heavy atom. The van der Waals surface area contributed by atoms with E-state index in [0.29, 0.717) is 0 Å². The molecule has 0 aromatic rings. The van der Waals surface area contributed by atoms with Crippen molar-refractivity contribution in [3.63, 3.8) is 0 Å². The van der Waals surface area contributed by atoms with E-state index >= 15 is 0 Å². The van der Waals surface area contributed by atoms with Crippen LogP contribution in [0.4, 0.5) is 0 Å². The Hall–Kier alpha value is 0.310. The van der Waals surface area contributed by atoms with Gasteiger partial charge in [0, 0.05) is 16.5 Å². The van der Waals surface area contributed by atoms with Crippen LogP contribution in [-0.2, 0) is 0 Å². The van der Waals surface area contributed by atoms with Gasteiger partial charge in [0.15, 0.2) is 0 Å². The first kappa shape index (κ1) is 9.85. The summed E-state index contributed by atoms with van der Waals surface area (Å²) in [5, 5.41) is 0.946. The van der Waals surface area contributed by atoms with Crippen molar-refractivity contribution in [2.45, 2.75) is 50.3 Å². The van der Waals surface area contributed by atoms with Crippen LogP contribution in [0, 0.1) is 11.8 Å². The summed E-state index contributed by atoms with van der Waals surface area (Å²) in [7, 11) is 0.